The summed E-state index contributed by atoms with van der Waals surface area (Å²) in [5.41, 5.74) is 6.18. The Hall–Kier alpha value is -3.90. The lowest BCUT2D eigenvalue weighted by Crippen LogP contribution is -2.10. The van der Waals surface area contributed by atoms with Crippen molar-refractivity contribution in [1.82, 2.24) is 9.97 Å². The van der Waals surface area contributed by atoms with Crippen LogP contribution in [0.4, 0.5) is 10.1 Å². The fourth-order valence-corrected chi connectivity index (χ4v) is 4.93. The van der Waals surface area contributed by atoms with E-state index < -0.39 is 5.82 Å². The Morgan fingerprint density at radius 3 is 2.49 bits per heavy atom. The van der Waals surface area contributed by atoms with Gasteiger partial charge >= 0.3 is 0 Å². The molecule has 0 saturated carbocycles. The van der Waals surface area contributed by atoms with Gasteiger partial charge in [0.2, 0.25) is 0 Å². The van der Waals surface area contributed by atoms with Crippen LogP contribution >= 0.6 is 11.3 Å². The van der Waals surface area contributed by atoms with Gasteiger partial charge in [0, 0.05) is 35.3 Å². The average molecular weight is 482 g/mol. The molecule has 0 atom stereocenters. The van der Waals surface area contributed by atoms with Crippen LogP contribution in [0.3, 0.4) is 0 Å². The highest BCUT2D eigenvalue weighted by Gasteiger charge is 2.20. The molecule has 0 amide bonds. The summed E-state index contributed by atoms with van der Waals surface area (Å²) in [6, 6.07) is 20.0. The largest absolute Gasteiger partial charge is 0.507 e. The second-order valence-electron chi connectivity index (χ2n) is 9.35. The van der Waals surface area contributed by atoms with Crippen molar-refractivity contribution in [3.8, 4) is 27.4 Å². The molecule has 35 heavy (non-hydrogen) atoms. The molecule has 5 rings (SSSR count). The lowest BCUT2D eigenvalue weighted by atomic mass is 9.85. The first-order valence-corrected chi connectivity index (χ1v) is 12.1. The molecule has 0 aliphatic heterocycles. The van der Waals surface area contributed by atoms with Crippen LogP contribution in [-0.4, -0.2) is 21.3 Å². The number of aromatic nitrogens is 2. The Morgan fingerprint density at radius 1 is 0.943 bits per heavy atom. The van der Waals surface area contributed by atoms with Gasteiger partial charge in [-0.15, -0.1) is 11.3 Å². The van der Waals surface area contributed by atoms with E-state index in [0.717, 1.165) is 31.9 Å². The van der Waals surface area contributed by atoms with Gasteiger partial charge in [0.25, 0.3) is 0 Å². The molecule has 2 aromatic heterocycles. The Balaban J connectivity index is 1.65. The van der Waals surface area contributed by atoms with Gasteiger partial charge in [-0.3, -0.25) is 9.98 Å². The predicted molar refractivity (Wildman–Crippen MR) is 142 cm³/mol. The second-order valence-corrected chi connectivity index (χ2v) is 10.4. The Morgan fingerprint density at radius 2 is 1.71 bits per heavy atom. The second kappa shape index (κ2) is 9.04. The molecule has 0 saturated heterocycles. The maximum absolute atomic E-state index is 13.6. The highest BCUT2D eigenvalue weighted by atomic mass is 32.1. The summed E-state index contributed by atoms with van der Waals surface area (Å²) in [4.78, 5) is 13.8. The maximum atomic E-state index is 13.6. The van der Waals surface area contributed by atoms with Gasteiger partial charge in [0.15, 0.2) is 0 Å². The SMILES string of the molecule is CC(C)(C)c1cc(-c2ccncc2)c2nc(-c3ccccc3N=Cc3cc(F)ccc3O)sc2c1. The number of rotatable bonds is 4. The first kappa shape index (κ1) is 22.9. The monoisotopic (exact) mass is 481 g/mol. The van der Waals surface area contributed by atoms with Crippen LogP contribution < -0.4 is 0 Å². The molecule has 0 aliphatic rings. The number of halogens is 1. The molecule has 0 unspecified atom stereocenters. The lowest BCUT2D eigenvalue weighted by molar-refractivity contribution is 0.472. The summed E-state index contributed by atoms with van der Waals surface area (Å²) in [5, 5.41) is 10.9. The predicted octanol–water partition coefficient (Wildman–Crippen LogP) is 7.92. The molecule has 174 valence electrons. The summed E-state index contributed by atoms with van der Waals surface area (Å²) < 4.78 is 14.7. The Bertz CT molecular complexity index is 1550. The highest BCUT2D eigenvalue weighted by Crippen LogP contribution is 2.41. The zero-order valence-electron chi connectivity index (χ0n) is 19.7. The van der Waals surface area contributed by atoms with Gasteiger partial charge < -0.3 is 5.11 Å². The van der Waals surface area contributed by atoms with Crippen molar-refractivity contribution in [2.75, 3.05) is 0 Å². The number of hydrogen-bond acceptors (Lipinski definition) is 5. The van der Waals surface area contributed by atoms with Crippen LogP contribution in [0, 0.1) is 5.82 Å². The molecule has 0 bridgehead atoms. The third kappa shape index (κ3) is 4.70. The number of pyridine rings is 1. The molecule has 1 N–H and O–H groups in total. The third-order valence-electron chi connectivity index (χ3n) is 5.82. The van der Waals surface area contributed by atoms with Crippen molar-refractivity contribution < 1.29 is 9.50 Å². The molecule has 0 aliphatic carbocycles. The summed E-state index contributed by atoms with van der Waals surface area (Å²) in [5.74, 6) is -0.452. The van der Waals surface area contributed by atoms with E-state index in [-0.39, 0.29) is 11.2 Å². The molecule has 0 spiro atoms. The van der Waals surface area contributed by atoms with Crippen molar-refractivity contribution in [1.29, 1.82) is 0 Å². The van der Waals surface area contributed by atoms with Gasteiger partial charge in [-0.25, -0.2) is 9.37 Å². The van der Waals surface area contributed by atoms with Crippen molar-refractivity contribution in [2.24, 2.45) is 4.99 Å². The molecule has 0 radical (unpaired) electrons. The molecule has 4 nitrogen and oxygen atoms in total. The fraction of sp³-hybridized carbons (Fsp3) is 0.138. The van der Waals surface area contributed by atoms with E-state index in [1.54, 1.807) is 23.7 Å². The molecule has 0 fully saturated rings. The third-order valence-corrected chi connectivity index (χ3v) is 6.85. The summed E-state index contributed by atoms with van der Waals surface area (Å²) in [6.45, 7) is 6.62. The van der Waals surface area contributed by atoms with Gasteiger partial charge in [-0.1, -0.05) is 32.9 Å². The number of thiazole rings is 1. The fourth-order valence-electron chi connectivity index (χ4n) is 3.86. The minimum atomic E-state index is -0.429. The molecule has 6 heteroatoms. The number of aliphatic imine (C=N–C) groups is 1. The van der Waals surface area contributed by atoms with Crippen LogP contribution in [-0.2, 0) is 5.41 Å². The first-order valence-electron chi connectivity index (χ1n) is 11.3. The number of aromatic hydroxyl groups is 1. The summed E-state index contributed by atoms with van der Waals surface area (Å²) >= 11 is 1.62. The minimum Gasteiger partial charge on any atom is -0.507 e. The number of para-hydroxylation sites is 1. The molecular formula is C29H24FN3OS. The quantitative estimate of drug-likeness (QED) is 0.265. The van der Waals surface area contributed by atoms with E-state index in [1.165, 1.54) is 30.0 Å². The highest BCUT2D eigenvalue weighted by molar-refractivity contribution is 7.21. The molecular weight excluding hydrogens is 457 g/mol. The summed E-state index contributed by atoms with van der Waals surface area (Å²) in [6.07, 6.45) is 5.07. The number of nitrogens with zero attached hydrogens (tertiary/aromatic N) is 3. The zero-order chi connectivity index (χ0) is 24.6. The number of benzene rings is 3. The topological polar surface area (TPSA) is 58.4 Å². The number of phenols is 1. The molecule has 5 aromatic rings. The van der Waals surface area contributed by atoms with Crippen LogP contribution in [0.25, 0.3) is 31.9 Å². The van der Waals surface area contributed by atoms with Crippen molar-refractivity contribution in [2.45, 2.75) is 26.2 Å². The van der Waals surface area contributed by atoms with Gasteiger partial charge in [-0.2, -0.15) is 0 Å². The van der Waals surface area contributed by atoms with E-state index in [9.17, 15) is 9.50 Å². The maximum Gasteiger partial charge on any atom is 0.126 e. The van der Waals surface area contributed by atoms with E-state index >= 15 is 0 Å². The van der Waals surface area contributed by atoms with Crippen LogP contribution in [0.5, 0.6) is 5.75 Å². The number of phenolic OH excluding ortho intramolecular Hbond substituents is 1. The average Bonchev–Trinajstić information content (AvgIpc) is 3.28. The molecule has 3 aromatic carbocycles. The minimum absolute atomic E-state index is 0.0186. The summed E-state index contributed by atoms with van der Waals surface area (Å²) in [7, 11) is 0. The van der Waals surface area contributed by atoms with Crippen molar-refractivity contribution in [3.05, 3.63) is 96.1 Å². The molecule has 2 heterocycles. The smallest absolute Gasteiger partial charge is 0.126 e. The lowest BCUT2D eigenvalue weighted by Gasteiger charge is -2.20. The van der Waals surface area contributed by atoms with E-state index in [0.29, 0.717) is 11.3 Å². The van der Waals surface area contributed by atoms with Crippen LogP contribution in [0.15, 0.2) is 84.1 Å². The number of hydrogen-bond donors (Lipinski definition) is 1. The van der Waals surface area contributed by atoms with Crippen molar-refractivity contribution in [3.63, 3.8) is 0 Å². The standard InChI is InChI=1S/C29H24FN3OS/c1-29(2,3)20-15-23(18-10-12-31-13-11-18)27-26(16-20)35-28(33-27)22-6-4-5-7-24(22)32-17-19-14-21(30)8-9-25(19)34/h4-17,34H,1-3H3. The van der Waals surface area contributed by atoms with Gasteiger partial charge in [0.05, 0.1) is 15.9 Å². The van der Waals surface area contributed by atoms with E-state index in [1.807, 2.05) is 36.4 Å². The van der Waals surface area contributed by atoms with E-state index in [2.05, 4.69) is 42.9 Å². The normalized spacial score (nSPS) is 12.0. The van der Waals surface area contributed by atoms with Crippen molar-refractivity contribution >= 4 is 33.5 Å². The Kier molecular flexibility index (Phi) is 5.91. The van der Waals surface area contributed by atoms with E-state index in [4.69, 9.17) is 4.98 Å². The van der Waals surface area contributed by atoms with Gasteiger partial charge in [0.1, 0.15) is 16.6 Å². The van der Waals surface area contributed by atoms with Crippen LogP contribution in [0.1, 0.15) is 31.9 Å². The first-order chi connectivity index (χ1) is 16.8. The van der Waals surface area contributed by atoms with Crippen LogP contribution in [0.2, 0.25) is 0 Å². The van der Waals surface area contributed by atoms with Gasteiger partial charge in [-0.05, 0) is 71.1 Å². The Labute approximate surface area is 207 Å². The number of fused-ring (bicyclic) bond motifs is 1. The zero-order valence-corrected chi connectivity index (χ0v) is 20.5.